The summed E-state index contributed by atoms with van der Waals surface area (Å²) in [7, 11) is 8.78. The topological polar surface area (TPSA) is 89.1 Å². The summed E-state index contributed by atoms with van der Waals surface area (Å²) in [4.78, 5) is 29.9. The Balaban J connectivity index is 1.53. The lowest BCUT2D eigenvalue weighted by molar-refractivity contribution is -0.116. The van der Waals surface area contributed by atoms with Gasteiger partial charge in [-0.3, -0.25) is 9.59 Å². The Kier molecular flexibility index (Phi) is 8.24. The van der Waals surface area contributed by atoms with Gasteiger partial charge < -0.3 is 29.7 Å². The van der Waals surface area contributed by atoms with Crippen LogP contribution in [0.1, 0.15) is 42.7 Å². The summed E-state index contributed by atoms with van der Waals surface area (Å²) in [5.41, 5.74) is 6.34. The van der Waals surface area contributed by atoms with Gasteiger partial charge in [-0.05, 0) is 78.9 Å². The van der Waals surface area contributed by atoms with Gasteiger partial charge in [-0.1, -0.05) is 18.2 Å². The molecule has 0 saturated heterocycles. The van der Waals surface area contributed by atoms with Crippen molar-refractivity contribution >= 4 is 23.1 Å². The highest BCUT2D eigenvalue weighted by Crippen LogP contribution is 2.46. The van der Waals surface area contributed by atoms with Crippen LogP contribution in [0.25, 0.3) is 0 Å². The summed E-state index contributed by atoms with van der Waals surface area (Å²) in [6, 6.07) is 21.1. The van der Waals surface area contributed by atoms with Crippen LogP contribution in [0.2, 0.25) is 0 Å². The van der Waals surface area contributed by atoms with E-state index in [-0.39, 0.29) is 17.6 Å². The molecule has 0 spiro atoms. The molecule has 0 radical (unpaired) electrons. The number of hydrogen-bond acceptors (Lipinski definition) is 7. The van der Waals surface area contributed by atoms with Gasteiger partial charge in [0.15, 0.2) is 17.3 Å². The number of carbonyl (C=O) groups is 2. The maximum absolute atomic E-state index is 14.0. The predicted molar refractivity (Wildman–Crippen MR) is 165 cm³/mol. The number of anilines is 2. The van der Waals surface area contributed by atoms with E-state index in [9.17, 15) is 9.59 Å². The molecule has 0 aromatic heterocycles. The molecule has 0 unspecified atom stereocenters. The Labute approximate surface area is 247 Å². The number of methoxy groups -OCH3 is 3. The molecule has 3 aromatic carbocycles. The van der Waals surface area contributed by atoms with Gasteiger partial charge >= 0.3 is 0 Å². The number of ketones is 1. The second-order valence-electron chi connectivity index (χ2n) is 10.8. The fourth-order valence-corrected chi connectivity index (χ4v) is 5.85. The van der Waals surface area contributed by atoms with Crippen molar-refractivity contribution in [3.8, 4) is 17.2 Å². The van der Waals surface area contributed by atoms with E-state index in [1.165, 1.54) is 0 Å². The summed E-state index contributed by atoms with van der Waals surface area (Å²) in [6.07, 6.45) is 0.961. The third-order valence-corrected chi connectivity index (χ3v) is 8.04. The number of rotatable bonds is 8. The van der Waals surface area contributed by atoms with Crippen molar-refractivity contribution in [1.29, 1.82) is 0 Å². The molecule has 1 aliphatic heterocycles. The maximum atomic E-state index is 14.0. The highest BCUT2D eigenvalue weighted by atomic mass is 16.5. The van der Waals surface area contributed by atoms with Crippen LogP contribution in [0.5, 0.6) is 17.2 Å². The number of hydrogen-bond donors (Lipinski definition) is 2. The largest absolute Gasteiger partial charge is 0.497 e. The van der Waals surface area contributed by atoms with E-state index < -0.39 is 5.92 Å². The summed E-state index contributed by atoms with van der Waals surface area (Å²) >= 11 is 0. The number of allylic oxidation sites excluding steroid dienone is 3. The Bertz CT molecular complexity index is 1550. The zero-order chi connectivity index (χ0) is 30.0. The van der Waals surface area contributed by atoms with E-state index in [2.05, 4.69) is 10.6 Å². The molecule has 2 atom stereocenters. The van der Waals surface area contributed by atoms with E-state index in [1.807, 2.05) is 68.4 Å². The maximum Gasteiger partial charge on any atom is 0.254 e. The monoisotopic (exact) mass is 567 g/mol. The standard InChI is InChI=1S/C34H37N3O5/c1-20-31(34(39)36-24-10-14-26(40-4)15-11-24)32(21-7-12-25(13-8-21)37(2)3)33-27(35-20)17-23(18-28(33)38)22-9-16-29(41-5)30(19-22)42-6/h7-16,19,23,32,35H,17-18H2,1-6H3,(H,36,39)/t23-,32+/m0/s1. The van der Waals surface area contributed by atoms with Crippen molar-refractivity contribution in [2.24, 2.45) is 0 Å². The van der Waals surface area contributed by atoms with E-state index in [0.29, 0.717) is 46.9 Å². The van der Waals surface area contributed by atoms with Gasteiger partial charge in [0.2, 0.25) is 0 Å². The van der Waals surface area contributed by atoms with Crippen LogP contribution in [-0.2, 0) is 9.59 Å². The minimum absolute atomic E-state index is 0.0208. The van der Waals surface area contributed by atoms with Gasteiger partial charge in [0, 0.05) is 60.3 Å². The molecule has 5 rings (SSSR count). The molecular formula is C34H37N3O5. The van der Waals surface area contributed by atoms with Crippen LogP contribution < -0.4 is 29.7 Å². The number of nitrogens with zero attached hydrogens (tertiary/aromatic N) is 1. The molecule has 8 nitrogen and oxygen atoms in total. The third-order valence-electron chi connectivity index (χ3n) is 8.04. The number of nitrogens with one attached hydrogen (secondary N) is 2. The molecule has 0 fully saturated rings. The number of carbonyl (C=O) groups excluding carboxylic acids is 2. The molecule has 8 heteroatoms. The van der Waals surface area contributed by atoms with Crippen LogP contribution in [0.3, 0.4) is 0 Å². The van der Waals surface area contributed by atoms with E-state index >= 15 is 0 Å². The molecule has 0 bridgehead atoms. The minimum atomic E-state index is -0.505. The fraction of sp³-hybridized carbons (Fsp3) is 0.294. The average molecular weight is 568 g/mol. The van der Waals surface area contributed by atoms with Crippen LogP contribution in [-0.4, -0.2) is 47.1 Å². The fourth-order valence-electron chi connectivity index (χ4n) is 5.85. The molecule has 0 saturated carbocycles. The molecule has 1 amide bonds. The van der Waals surface area contributed by atoms with E-state index in [1.54, 1.807) is 45.6 Å². The van der Waals surface area contributed by atoms with Gasteiger partial charge in [-0.2, -0.15) is 0 Å². The van der Waals surface area contributed by atoms with Crippen molar-refractivity contribution < 1.29 is 23.8 Å². The van der Waals surface area contributed by atoms with Crippen molar-refractivity contribution in [1.82, 2.24) is 5.32 Å². The zero-order valence-corrected chi connectivity index (χ0v) is 24.9. The molecule has 1 heterocycles. The zero-order valence-electron chi connectivity index (χ0n) is 24.9. The van der Waals surface area contributed by atoms with E-state index in [0.717, 1.165) is 28.2 Å². The SMILES string of the molecule is COc1ccc(NC(=O)C2=C(C)NC3=C(C(=O)C[C@@H](c4ccc(OC)c(OC)c4)C3)[C@@H]2c2ccc(N(C)C)cc2)cc1. The Morgan fingerprint density at radius 1 is 0.857 bits per heavy atom. The van der Waals surface area contributed by atoms with Crippen molar-refractivity contribution in [2.75, 3.05) is 45.6 Å². The second-order valence-corrected chi connectivity index (χ2v) is 10.8. The third kappa shape index (κ3) is 5.57. The highest BCUT2D eigenvalue weighted by Gasteiger charge is 2.41. The normalized spacial score (nSPS) is 18.2. The quantitative estimate of drug-likeness (QED) is 0.357. The Morgan fingerprint density at radius 3 is 2.14 bits per heavy atom. The van der Waals surface area contributed by atoms with Crippen molar-refractivity contribution in [3.63, 3.8) is 0 Å². The first-order valence-electron chi connectivity index (χ1n) is 13.9. The summed E-state index contributed by atoms with van der Waals surface area (Å²) in [5.74, 6) is 1.20. The minimum Gasteiger partial charge on any atom is -0.497 e. The summed E-state index contributed by atoms with van der Waals surface area (Å²) in [5, 5.41) is 6.49. The summed E-state index contributed by atoms with van der Waals surface area (Å²) in [6.45, 7) is 1.90. The predicted octanol–water partition coefficient (Wildman–Crippen LogP) is 5.78. The first-order valence-corrected chi connectivity index (χ1v) is 13.9. The highest BCUT2D eigenvalue weighted by molar-refractivity contribution is 6.10. The lowest BCUT2D eigenvalue weighted by Crippen LogP contribution is -2.37. The number of ether oxygens (including phenoxy) is 3. The molecule has 218 valence electrons. The molecule has 3 aromatic rings. The molecular weight excluding hydrogens is 530 g/mol. The van der Waals surface area contributed by atoms with Crippen LogP contribution >= 0.6 is 0 Å². The number of amides is 1. The number of Topliss-reactive ketones (excluding diaryl/α,β-unsaturated/α-hetero) is 1. The second kappa shape index (κ2) is 12.0. The molecule has 2 aliphatic rings. The van der Waals surface area contributed by atoms with Crippen LogP contribution in [0.15, 0.2) is 89.3 Å². The van der Waals surface area contributed by atoms with E-state index in [4.69, 9.17) is 14.2 Å². The van der Waals surface area contributed by atoms with Gasteiger partial charge in [-0.15, -0.1) is 0 Å². The Morgan fingerprint density at radius 2 is 1.52 bits per heavy atom. The van der Waals surface area contributed by atoms with Gasteiger partial charge in [0.05, 0.1) is 21.3 Å². The van der Waals surface area contributed by atoms with Crippen molar-refractivity contribution in [3.05, 3.63) is 100 Å². The molecule has 42 heavy (non-hydrogen) atoms. The molecule has 2 N–H and O–H groups in total. The smallest absolute Gasteiger partial charge is 0.254 e. The lowest BCUT2D eigenvalue weighted by Gasteiger charge is -2.37. The first kappa shape index (κ1) is 28.8. The van der Waals surface area contributed by atoms with Crippen LogP contribution in [0, 0.1) is 0 Å². The van der Waals surface area contributed by atoms with Gasteiger partial charge in [0.1, 0.15) is 5.75 Å². The number of dihydropyridines is 1. The molecule has 1 aliphatic carbocycles. The lowest BCUT2D eigenvalue weighted by atomic mass is 9.71. The van der Waals surface area contributed by atoms with Gasteiger partial charge in [-0.25, -0.2) is 0 Å². The summed E-state index contributed by atoms with van der Waals surface area (Å²) < 4.78 is 16.2. The Hall–Kier alpha value is -4.72. The van der Waals surface area contributed by atoms with Gasteiger partial charge in [0.25, 0.3) is 5.91 Å². The van der Waals surface area contributed by atoms with Crippen LogP contribution in [0.4, 0.5) is 11.4 Å². The van der Waals surface area contributed by atoms with Crippen molar-refractivity contribution in [2.45, 2.75) is 31.6 Å². The first-order chi connectivity index (χ1) is 20.2. The average Bonchev–Trinajstić information content (AvgIpc) is 3.00. The number of benzene rings is 3.